The average molecular weight is 1550 g/mol. The lowest BCUT2D eigenvalue weighted by Gasteiger charge is -2.31. The van der Waals surface area contributed by atoms with E-state index < -0.39 is 0 Å². The predicted octanol–water partition coefficient (Wildman–Crippen LogP) is 29.7. The van der Waals surface area contributed by atoms with Crippen molar-refractivity contribution in [2.24, 2.45) is 0 Å². The minimum absolute atomic E-state index is 0.155. The molecule has 0 aromatic heterocycles. The van der Waals surface area contributed by atoms with E-state index in [1.807, 2.05) is 70.6 Å². The Morgan fingerprint density at radius 3 is 0.267 bits per heavy atom. The summed E-state index contributed by atoms with van der Waals surface area (Å²) in [6.45, 7) is 91.1. The molecular weight excluding hydrogens is 1410 g/mol. The number of hydrogen-bond acceptors (Lipinski definition) is 12. The Hall–Kier alpha value is -3.78. The van der Waals surface area contributed by atoms with E-state index in [9.17, 15) is 30.6 Å². The molecule has 6 rings (SSSR count). The fourth-order valence-electron chi connectivity index (χ4n) is 12.6. The molecule has 6 aromatic carbocycles. The molecule has 12 heteroatoms. The van der Waals surface area contributed by atoms with Crippen molar-refractivity contribution in [3.05, 3.63) is 140 Å². The molecule has 6 N–H and O–H groups in total. The van der Waals surface area contributed by atoms with E-state index in [0.717, 1.165) is 66.8 Å². The van der Waals surface area contributed by atoms with Gasteiger partial charge in [-0.15, -0.1) is 70.6 Å². The van der Waals surface area contributed by atoms with Gasteiger partial charge in [0, 0.05) is 96.1 Å². The Balaban J connectivity index is 0.000000333. The highest BCUT2D eigenvalue weighted by Gasteiger charge is 2.37. The van der Waals surface area contributed by atoms with Crippen molar-refractivity contribution in [2.45, 2.75) is 397 Å². The van der Waals surface area contributed by atoms with Gasteiger partial charge in [0.2, 0.25) is 0 Å². The van der Waals surface area contributed by atoms with Crippen LogP contribution in [0, 0.1) is 0 Å². The normalized spacial score (nSPS) is 13.9. The molecular formula is C93H144O6S6. The summed E-state index contributed by atoms with van der Waals surface area (Å²) in [6.07, 6.45) is 0. The lowest BCUT2D eigenvalue weighted by Crippen LogP contribution is -2.19. The summed E-state index contributed by atoms with van der Waals surface area (Å²) < 4.78 is -0.492. The number of phenols is 6. The van der Waals surface area contributed by atoms with Gasteiger partial charge in [0.05, 0.1) is 12.2 Å². The van der Waals surface area contributed by atoms with Crippen molar-refractivity contribution in [3.63, 3.8) is 0 Å². The Morgan fingerprint density at radius 1 is 0.143 bits per heavy atom. The molecule has 0 aliphatic carbocycles. The summed E-state index contributed by atoms with van der Waals surface area (Å²) in [5.41, 5.74) is 10.0. The Labute approximate surface area is 667 Å². The molecule has 0 radical (unpaired) electrons. The minimum atomic E-state index is -0.164. The third-order valence-corrected chi connectivity index (χ3v) is 25.7. The summed E-state index contributed by atoms with van der Waals surface area (Å²) in [7, 11) is 0. The van der Waals surface area contributed by atoms with E-state index in [4.69, 9.17) is 0 Å². The fraction of sp³-hybridized carbons (Fsp3) is 0.613. The van der Waals surface area contributed by atoms with Crippen LogP contribution in [0.25, 0.3) is 0 Å². The van der Waals surface area contributed by atoms with Crippen LogP contribution in [-0.2, 0) is 65.0 Å². The van der Waals surface area contributed by atoms with Crippen LogP contribution >= 0.6 is 70.6 Å². The number of benzene rings is 6. The summed E-state index contributed by atoms with van der Waals surface area (Å²) in [6, 6.07) is 25.9. The van der Waals surface area contributed by atoms with Crippen LogP contribution in [-0.4, -0.2) is 42.9 Å². The molecule has 0 unspecified atom stereocenters. The molecule has 0 aliphatic rings. The number of aromatic hydroxyl groups is 6. The zero-order valence-corrected chi connectivity index (χ0v) is 78.5. The lowest BCUT2D eigenvalue weighted by molar-refractivity contribution is 0.421. The van der Waals surface area contributed by atoms with Gasteiger partial charge in [0.1, 0.15) is 34.5 Å². The van der Waals surface area contributed by atoms with E-state index in [1.54, 1.807) is 0 Å². The molecule has 0 spiro atoms. The number of thioether (sulfide) groups is 6. The van der Waals surface area contributed by atoms with Gasteiger partial charge in [0.15, 0.2) is 0 Å². The van der Waals surface area contributed by atoms with Crippen molar-refractivity contribution in [1.29, 1.82) is 0 Å². The van der Waals surface area contributed by atoms with Gasteiger partial charge >= 0.3 is 0 Å². The van der Waals surface area contributed by atoms with E-state index in [1.165, 1.54) is 29.4 Å². The van der Waals surface area contributed by atoms with Crippen LogP contribution in [0.2, 0.25) is 0 Å². The SMILES string of the molecule is CC(C)(Sc1cc(C(C)(C)C)c(O)c(C(C)(C)C)c1)Sc1cc(C(C)(C)C)c(O)c(C(C)(C)C)c1.CC(C)(Sc1cc(C(C)(C)C)c(O)c(C(C)(C)C)c1)Sc1cc(C(C)(C)C)c(O)c(C(C)(C)C)c1.CC(C)(Sc1cc(C(C)(C)C)c(O)c(C(C)(C)C)c1)Sc1cc(C(C)(C)C)c(O)c(C(C)(C)C)c1. The standard InChI is InChI=1S/3C31H48O2S2/c3*1-27(2,3)21-15-19(16-22(25(21)32)28(4,5)6)34-31(13,14)35-20-17-23(29(7,8)9)26(33)24(18-20)30(10,11)12/h3*15-18,32-33H,1-14H3. The molecule has 0 aliphatic heterocycles. The van der Waals surface area contributed by atoms with Gasteiger partial charge in [-0.2, -0.15) is 0 Å². The first-order valence-electron chi connectivity index (χ1n) is 37.7. The summed E-state index contributed by atoms with van der Waals surface area (Å²) >= 11 is 11.0. The first kappa shape index (κ1) is 93.6. The maximum atomic E-state index is 11.1. The number of hydrogen-bond donors (Lipinski definition) is 6. The molecule has 0 saturated carbocycles. The van der Waals surface area contributed by atoms with Gasteiger partial charge in [-0.3, -0.25) is 0 Å². The molecule has 0 saturated heterocycles. The van der Waals surface area contributed by atoms with Crippen molar-refractivity contribution in [2.75, 3.05) is 0 Å². The van der Waals surface area contributed by atoms with Crippen LogP contribution in [0.3, 0.4) is 0 Å². The van der Waals surface area contributed by atoms with E-state index in [2.05, 4.69) is 364 Å². The number of phenolic OH excluding ortho intramolecular Hbond substituents is 6. The second-order valence-corrected chi connectivity index (χ2v) is 54.0. The van der Waals surface area contributed by atoms with Crippen molar-refractivity contribution < 1.29 is 30.6 Å². The zero-order valence-electron chi connectivity index (χ0n) is 73.6. The topological polar surface area (TPSA) is 121 Å². The molecule has 0 amide bonds. The largest absolute Gasteiger partial charge is 0.507 e. The second-order valence-electron chi connectivity index (χ2n) is 43.0. The fourth-order valence-corrected chi connectivity index (χ4v) is 20.4. The van der Waals surface area contributed by atoms with Crippen LogP contribution in [0.1, 0.15) is 358 Å². The monoisotopic (exact) mass is 1550 g/mol. The third-order valence-electron chi connectivity index (χ3n) is 18.4. The Kier molecular flexibility index (Phi) is 28.3. The van der Waals surface area contributed by atoms with Crippen LogP contribution in [0.5, 0.6) is 34.5 Å². The highest BCUT2D eigenvalue weighted by molar-refractivity contribution is 8.19. The first-order chi connectivity index (χ1) is 46.3. The van der Waals surface area contributed by atoms with Crippen molar-refractivity contribution in [1.82, 2.24) is 0 Å². The molecule has 0 bridgehead atoms. The molecule has 6 aromatic rings. The summed E-state index contributed by atoms with van der Waals surface area (Å²) in [5.74, 6) is 2.52. The highest BCUT2D eigenvalue weighted by Crippen LogP contribution is 2.56. The first-order valence-corrected chi connectivity index (χ1v) is 42.6. The molecule has 588 valence electrons. The van der Waals surface area contributed by atoms with E-state index >= 15 is 0 Å². The van der Waals surface area contributed by atoms with Crippen LogP contribution < -0.4 is 0 Å². The van der Waals surface area contributed by atoms with Gasteiger partial charge < -0.3 is 30.6 Å². The van der Waals surface area contributed by atoms with Crippen molar-refractivity contribution >= 4 is 70.6 Å². The van der Waals surface area contributed by atoms with Crippen LogP contribution in [0.4, 0.5) is 0 Å². The maximum absolute atomic E-state index is 11.1. The van der Waals surface area contributed by atoms with Crippen molar-refractivity contribution in [3.8, 4) is 34.5 Å². The summed E-state index contributed by atoms with van der Waals surface area (Å²) in [4.78, 5) is 7.01. The Morgan fingerprint density at radius 2 is 0.210 bits per heavy atom. The maximum Gasteiger partial charge on any atom is 0.123 e. The molecule has 0 fully saturated rings. The smallest absolute Gasteiger partial charge is 0.123 e. The average Bonchev–Trinajstić information content (AvgIpc) is 0.795. The van der Waals surface area contributed by atoms with E-state index in [0.29, 0.717) is 34.5 Å². The van der Waals surface area contributed by atoms with E-state index in [-0.39, 0.29) is 77.2 Å². The molecule has 0 atom stereocenters. The van der Waals surface area contributed by atoms with Gasteiger partial charge in [-0.25, -0.2) is 0 Å². The molecule has 105 heavy (non-hydrogen) atoms. The molecule has 6 nitrogen and oxygen atoms in total. The second kappa shape index (κ2) is 31.8. The lowest BCUT2D eigenvalue weighted by atomic mass is 9.79. The molecule has 0 heterocycles. The minimum Gasteiger partial charge on any atom is -0.507 e. The van der Waals surface area contributed by atoms with Gasteiger partial charge in [-0.1, -0.05) is 249 Å². The quantitative estimate of drug-likeness (QED) is 0.0517. The third kappa shape index (κ3) is 25.6. The summed E-state index contributed by atoms with van der Waals surface area (Å²) in [5, 5.41) is 66.7. The van der Waals surface area contributed by atoms with Gasteiger partial charge in [0.25, 0.3) is 0 Å². The zero-order chi connectivity index (χ0) is 82.1. The Bertz CT molecular complexity index is 3160. The highest BCUT2D eigenvalue weighted by atomic mass is 32.2. The number of rotatable bonds is 12. The predicted molar refractivity (Wildman–Crippen MR) is 470 cm³/mol. The van der Waals surface area contributed by atoms with Gasteiger partial charge in [-0.05, 0) is 179 Å². The van der Waals surface area contributed by atoms with Crippen LogP contribution in [0.15, 0.2) is 102 Å².